The van der Waals surface area contributed by atoms with E-state index < -0.39 is 0 Å². The molecule has 0 radical (unpaired) electrons. The maximum atomic E-state index is 12.7. The Kier molecular flexibility index (Phi) is 6.78. The van der Waals surface area contributed by atoms with Crippen molar-refractivity contribution in [3.63, 3.8) is 0 Å². The van der Waals surface area contributed by atoms with Crippen LogP contribution < -0.4 is 10.1 Å². The molecule has 0 spiro atoms. The molecule has 1 heterocycles. The van der Waals surface area contributed by atoms with Crippen LogP contribution in [0, 0.1) is 6.92 Å². The van der Waals surface area contributed by atoms with Crippen molar-refractivity contribution in [2.45, 2.75) is 20.1 Å². The summed E-state index contributed by atoms with van der Waals surface area (Å²) in [5.74, 6) is 0.747. The van der Waals surface area contributed by atoms with Gasteiger partial charge in [-0.1, -0.05) is 71.2 Å². The second-order valence-electron chi connectivity index (χ2n) is 7.38. The molecule has 7 heteroatoms. The molecule has 3 aromatic carbocycles. The fourth-order valence-electron chi connectivity index (χ4n) is 3.26. The van der Waals surface area contributed by atoms with Crippen molar-refractivity contribution in [1.82, 2.24) is 9.78 Å². The number of rotatable bonds is 7. The second-order valence-corrected chi connectivity index (χ2v) is 8.17. The van der Waals surface area contributed by atoms with Crippen molar-refractivity contribution in [2.24, 2.45) is 0 Å². The van der Waals surface area contributed by atoms with Gasteiger partial charge in [-0.15, -0.1) is 0 Å². The van der Waals surface area contributed by atoms with Gasteiger partial charge in [0.15, 0.2) is 5.82 Å². The molecule has 0 fully saturated rings. The molecule has 4 rings (SSSR count). The smallest absolute Gasteiger partial charge is 0.256 e. The molecule has 1 aromatic heterocycles. The molecular formula is C25H21Cl2N3O2. The number of hydrogen-bond donors (Lipinski definition) is 1. The van der Waals surface area contributed by atoms with E-state index >= 15 is 0 Å². The second kappa shape index (κ2) is 9.90. The zero-order chi connectivity index (χ0) is 22.5. The van der Waals surface area contributed by atoms with Crippen molar-refractivity contribution in [1.29, 1.82) is 0 Å². The van der Waals surface area contributed by atoms with Crippen molar-refractivity contribution in [3.05, 3.63) is 111 Å². The average molecular weight is 466 g/mol. The van der Waals surface area contributed by atoms with Gasteiger partial charge in [0.05, 0.1) is 11.6 Å². The summed E-state index contributed by atoms with van der Waals surface area (Å²) in [5.41, 5.74) is 3.69. The van der Waals surface area contributed by atoms with Gasteiger partial charge < -0.3 is 10.1 Å². The molecule has 0 aliphatic rings. The first-order chi connectivity index (χ1) is 15.5. The first-order valence-corrected chi connectivity index (χ1v) is 10.8. The van der Waals surface area contributed by atoms with E-state index in [1.165, 1.54) is 5.56 Å². The molecule has 0 saturated heterocycles. The fraction of sp³-hybridized carbons (Fsp3) is 0.120. The molecule has 4 aromatic rings. The number of benzene rings is 3. The molecule has 32 heavy (non-hydrogen) atoms. The normalized spacial score (nSPS) is 10.7. The summed E-state index contributed by atoms with van der Waals surface area (Å²) in [7, 11) is 0. The van der Waals surface area contributed by atoms with E-state index in [1.54, 1.807) is 41.1 Å². The van der Waals surface area contributed by atoms with E-state index in [1.807, 2.05) is 24.4 Å². The molecule has 0 aliphatic heterocycles. The molecule has 0 saturated carbocycles. The van der Waals surface area contributed by atoms with Crippen LogP contribution in [0.4, 0.5) is 5.82 Å². The zero-order valence-electron chi connectivity index (χ0n) is 17.4. The third-order valence-corrected chi connectivity index (χ3v) is 5.61. The van der Waals surface area contributed by atoms with E-state index in [0.717, 1.165) is 11.1 Å². The van der Waals surface area contributed by atoms with E-state index in [0.29, 0.717) is 33.7 Å². The number of aryl methyl sites for hydroxylation is 1. The number of aromatic nitrogens is 2. The van der Waals surface area contributed by atoms with E-state index in [-0.39, 0.29) is 12.5 Å². The van der Waals surface area contributed by atoms with Gasteiger partial charge in [0.1, 0.15) is 17.4 Å². The third-order valence-electron chi connectivity index (χ3n) is 4.81. The molecule has 1 N–H and O–H groups in total. The van der Waals surface area contributed by atoms with Crippen LogP contribution in [0.15, 0.2) is 79.0 Å². The number of amides is 1. The standard InChI is InChI=1S/C25H21Cl2N3O2/c1-17-5-2-6-18(13-17)15-30-12-11-23(29-30)28-25(31)20-8-3-7-19(14-20)16-32-22-10-4-9-21(26)24(22)27/h2-14H,15-16H2,1H3,(H,28,29,31). The Morgan fingerprint density at radius 2 is 1.78 bits per heavy atom. The highest BCUT2D eigenvalue weighted by molar-refractivity contribution is 6.42. The summed E-state index contributed by atoms with van der Waals surface area (Å²) >= 11 is 12.2. The van der Waals surface area contributed by atoms with Gasteiger partial charge in [-0.25, -0.2) is 0 Å². The lowest BCUT2D eigenvalue weighted by Crippen LogP contribution is -2.13. The van der Waals surface area contributed by atoms with Crippen LogP contribution in [0.5, 0.6) is 5.75 Å². The van der Waals surface area contributed by atoms with Gasteiger partial charge in [-0.05, 0) is 42.3 Å². The topological polar surface area (TPSA) is 56.2 Å². The van der Waals surface area contributed by atoms with Crippen LogP contribution in [-0.2, 0) is 13.2 Å². The first kappa shape index (κ1) is 21.9. The Morgan fingerprint density at radius 1 is 1.00 bits per heavy atom. The number of nitrogens with zero attached hydrogens (tertiary/aromatic N) is 2. The van der Waals surface area contributed by atoms with Crippen LogP contribution in [0.3, 0.4) is 0 Å². The quantitative estimate of drug-likeness (QED) is 0.344. The van der Waals surface area contributed by atoms with Crippen LogP contribution in [0.1, 0.15) is 27.0 Å². The molecule has 5 nitrogen and oxygen atoms in total. The average Bonchev–Trinajstić information content (AvgIpc) is 3.21. The van der Waals surface area contributed by atoms with Crippen LogP contribution in [-0.4, -0.2) is 15.7 Å². The highest BCUT2D eigenvalue weighted by Gasteiger charge is 2.10. The molecule has 0 unspecified atom stereocenters. The summed E-state index contributed by atoms with van der Waals surface area (Å²) in [6, 6.07) is 22.5. The maximum absolute atomic E-state index is 12.7. The Hall–Kier alpha value is -3.28. The number of ether oxygens (including phenoxy) is 1. The minimum Gasteiger partial charge on any atom is -0.487 e. The lowest BCUT2D eigenvalue weighted by Gasteiger charge is -2.10. The predicted octanol–water partition coefficient (Wildman–Crippen LogP) is 6.38. The number of carbonyl (C=O) groups is 1. The van der Waals surface area contributed by atoms with Crippen LogP contribution >= 0.6 is 23.2 Å². The fourth-order valence-corrected chi connectivity index (χ4v) is 3.61. The SMILES string of the molecule is Cc1cccc(Cn2ccc(NC(=O)c3cccc(COc4cccc(Cl)c4Cl)c3)n2)c1. The Morgan fingerprint density at radius 3 is 2.62 bits per heavy atom. The summed E-state index contributed by atoms with van der Waals surface area (Å²) in [5, 5.41) is 8.09. The summed E-state index contributed by atoms with van der Waals surface area (Å²) in [6.07, 6.45) is 1.84. The number of hydrogen-bond acceptors (Lipinski definition) is 3. The van der Waals surface area contributed by atoms with E-state index in [4.69, 9.17) is 27.9 Å². The van der Waals surface area contributed by atoms with Gasteiger partial charge in [0.2, 0.25) is 0 Å². The largest absolute Gasteiger partial charge is 0.487 e. The van der Waals surface area contributed by atoms with Crippen molar-refractivity contribution < 1.29 is 9.53 Å². The van der Waals surface area contributed by atoms with Crippen LogP contribution in [0.25, 0.3) is 0 Å². The molecule has 0 atom stereocenters. The number of nitrogens with one attached hydrogen (secondary N) is 1. The van der Waals surface area contributed by atoms with Crippen molar-refractivity contribution in [3.8, 4) is 5.75 Å². The molecule has 162 valence electrons. The minimum atomic E-state index is -0.242. The molecule has 1 amide bonds. The summed E-state index contributed by atoms with van der Waals surface area (Å²) in [6.45, 7) is 2.95. The van der Waals surface area contributed by atoms with Crippen molar-refractivity contribution in [2.75, 3.05) is 5.32 Å². The predicted molar refractivity (Wildman–Crippen MR) is 128 cm³/mol. The molecule has 0 aliphatic carbocycles. The Bertz CT molecular complexity index is 1250. The lowest BCUT2D eigenvalue weighted by molar-refractivity contribution is 0.102. The summed E-state index contributed by atoms with van der Waals surface area (Å²) in [4.78, 5) is 12.7. The third kappa shape index (κ3) is 5.49. The highest BCUT2D eigenvalue weighted by atomic mass is 35.5. The zero-order valence-corrected chi connectivity index (χ0v) is 18.9. The minimum absolute atomic E-state index is 0.242. The molecular weight excluding hydrogens is 445 g/mol. The Labute approximate surface area is 196 Å². The lowest BCUT2D eigenvalue weighted by atomic mass is 10.1. The van der Waals surface area contributed by atoms with Gasteiger partial charge in [-0.3, -0.25) is 9.48 Å². The number of carbonyl (C=O) groups excluding carboxylic acids is 1. The number of anilines is 1. The van der Waals surface area contributed by atoms with Gasteiger partial charge in [-0.2, -0.15) is 5.10 Å². The van der Waals surface area contributed by atoms with Gasteiger partial charge >= 0.3 is 0 Å². The highest BCUT2D eigenvalue weighted by Crippen LogP contribution is 2.32. The summed E-state index contributed by atoms with van der Waals surface area (Å²) < 4.78 is 7.56. The van der Waals surface area contributed by atoms with E-state index in [9.17, 15) is 4.79 Å². The van der Waals surface area contributed by atoms with Gasteiger partial charge in [0, 0.05) is 17.8 Å². The van der Waals surface area contributed by atoms with E-state index in [2.05, 4.69) is 35.5 Å². The Balaban J connectivity index is 1.39. The first-order valence-electron chi connectivity index (χ1n) is 10.0. The number of halogens is 2. The van der Waals surface area contributed by atoms with Gasteiger partial charge in [0.25, 0.3) is 5.91 Å². The van der Waals surface area contributed by atoms with Crippen molar-refractivity contribution >= 4 is 34.9 Å². The van der Waals surface area contributed by atoms with Crippen LogP contribution in [0.2, 0.25) is 10.0 Å². The molecule has 0 bridgehead atoms. The monoisotopic (exact) mass is 465 g/mol. The maximum Gasteiger partial charge on any atom is 0.256 e.